The second-order valence-electron chi connectivity index (χ2n) is 4.54. The molecule has 18 heavy (non-hydrogen) atoms. The topological polar surface area (TPSA) is 56.7 Å². The lowest BCUT2D eigenvalue weighted by Gasteiger charge is -2.30. The number of rotatable bonds is 4. The van der Waals surface area contributed by atoms with Gasteiger partial charge in [0, 0.05) is 6.54 Å². The van der Waals surface area contributed by atoms with Crippen molar-refractivity contribution in [1.29, 1.82) is 0 Å². The van der Waals surface area contributed by atoms with Gasteiger partial charge in [0.25, 0.3) is 0 Å². The van der Waals surface area contributed by atoms with Gasteiger partial charge in [-0.2, -0.15) is 0 Å². The van der Waals surface area contributed by atoms with Crippen LogP contribution in [0.4, 0.5) is 0 Å². The van der Waals surface area contributed by atoms with Gasteiger partial charge >= 0.3 is 0 Å². The summed E-state index contributed by atoms with van der Waals surface area (Å²) >= 11 is 0. The normalized spacial score (nSPS) is 18.4. The summed E-state index contributed by atoms with van der Waals surface area (Å²) in [7, 11) is 0. The molecule has 1 saturated carbocycles. The van der Waals surface area contributed by atoms with E-state index in [1.165, 1.54) is 6.42 Å². The fraction of sp³-hybridized carbons (Fsp3) is 0.769. The van der Waals surface area contributed by atoms with Gasteiger partial charge < -0.3 is 15.7 Å². The first-order chi connectivity index (χ1) is 8.20. The van der Waals surface area contributed by atoms with Crippen LogP contribution >= 0.6 is 24.0 Å². The predicted molar refractivity (Wildman–Crippen MR) is 86.3 cm³/mol. The van der Waals surface area contributed by atoms with E-state index in [2.05, 4.69) is 21.5 Å². The van der Waals surface area contributed by atoms with Gasteiger partial charge in [0.1, 0.15) is 0 Å². The van der Waals surface area contributed by atoms with Crippen molar-refractivity contribution < 1.29 is 5.11 Å². The third kappa shape index (κ3) is 6.45. The molecule has 0 amide bonds. The molecular formula is C13H24IN3O. The second-order valence-corrected chi connectivity index (χ2v) is 4.54. The van der Waals surface area contributed by atoms with Gasteiger partial charge in [-0.15, -0.1) is 30.4 Å². The van der Waals surface area contributed by atoms with Crippen LogP contribution in [-0.2, 0) is 0 Å². The van der Waals surface area contributed by atoms with Crippen LogP contribution in [0.5, 0.6) is 0 Å². The molecule has 1 aliphatic carbocycles. The predicted octanol–water partition coefficient (Wildman–Crippen LogP) is 1.49. The minimum atomic E-state index is -0.614. The molecule has 0 aromatic heterocycles. The molecule has 5 heteroatoms. The Balaban J connectivity index is 0.00000289. The second kappa shape index (κ2) is 9.45. The molecule has 0 unspecified atom stereocenters. The standard InChI is InChI=1S/C13H23N3O.HI/c1-3-10-15-12(14-4-2)16-11-13(17)8-6-5-7-9-13;/h1,17H,4-11H2,2H3,(H2,14,15,16);1H. The summed E-state index contributed by atoms with van der Waals surface area (Å²) in [5.74, 6) is 3.19. The minimum absolute atomic E-state index is 0. The number of nitrogens with one attached hydrogen (secondary N) is 2. The maximum absolute atomic E-state index is 10.3. The zero-order valence-electron chi connectivity index (χ0n) is 11.0. The summed E-state index contributed by atoms with van der Waals surface area (Å²) in [6, 6.07) is 0. The molecule has 0 heterocycles. The molecule has 4 nitrogen and oxygen atoms in total. The number of aliphatic imine (C=N–C) groups is 1. The highest BCUT2D eigenvalue weighted by Gasteiger charge is 2.28. The Labute approximate surface area is 127 Å². The number of terminal acetylenes is 1. The molecule has 0 radical (unpaired) electrons. The van der Waals surface area contributed by atoms with Crippen molar-refractivity contribution in [3.05, 3.63) is 0 Å². The minimum Gasteiger partial charge on any atom is -0.388 e. The van der Waals surface area contributed by atoms with Gasteiger partial charge in [0.15, 0.2) is 5.96 Å². The molecule has 0 spiro atoms. The average molecular weight is 365 g/mol. The molecule has 104 valence electrons. The van der Waals surface area contributed by atoms with Gasteiger partial charge in [-0.1, -0.05) is 25.2 Å². The first kappa shape index (κ1) is 17.5. The van der Waals surface area contributed by atoms with Crippen LogP contribution in [-0.4, -0.2) is 36.3 Å². The zero-order chi connectivity index (χ0) is 12.6. The quantitative estimate of drug-likeness (QED) is 0.306. The van der Waals surface area contributed by atoms with E-state index in [1.54, 1.807) is 0 Å². The highest BCUT2D eigenvalue weighted by Crippen LogP contribution is 2.28. The molecule has 1 aliphatic rings. The Morgan fingerprint density at radius 2 is 2.00 bits per heavy atom. The van der Waals surface area contributed by atoms with Gasteiger partial charge in [-0.25, -0.2) is 0 Å². The number of hydrogen-bond donors (Lipinski definition) is 3. The molecule has 0 saturated heterocycles. The monoisotopic (exact) mass is 365 g/mol. The summed E-state index contributed by atoms with van der Waals surface area (Å²) in [5.41, 5.74) is -0.614. The maximum Gasteiger partial charge on any atom is 0.192 e. The van der Waals surface area contributed by atoms with Gasteiger partial charge in [0.05, 0.1) is 18.7 Å². The maximum atomic E-state index is 10.3. The summed E-state index contributed by atoms with van der Waals surface area (Å²) in [6.45, 7) is 3.69. The van der Waals surface area contributed by atoms with Crippen molar-refractivity contribution >= 4 is 29.9 Å². The summed E-state index contributed by atoms with van der Waals surface area (Å²) in [4.78, 5) is 4.40. The Bertz CT molecular complexity index is 293. The van der Waals surface area contributed by atoms with Crippen LogP contribution in [0.25, 0.3) is 0 Å². The van der Waals surface area contributed by atoms with Crippen LogP contribution < -0.4 is 10.6 Å². The van der Waals surface area contributed by atoms with E-state index in [0.717, 1.165) is 32.2 Å². The lowest BCUT2D eigenvalue weighted by molar-refractivity contribution is 0.0131. The highest BCUT2D eigenvalue weighted by molar-refractivity contribution is 14.0. The molecule has 0 aliphatic heterocycles. The Kier molecular flexibility index (Phi) is 9.20. The zero-order valence-corrected chi connectivity index (χ0v) is 13.4. The smallest absolute Gasteiger partial charge is 0.192 e. The van der Waals surface area contributed by atoms with E-state index in [4.69, 9.17) is 6.42 Å². The van der Waals surface area contributed by atoms with E-state index in [0.29, 0.717) is 19.0 Å². The molecule has 1 rings (SSSR count). The third-order valence-corrected chi connectivity index (χ3v) is 3.02. The first-order valence-electron chi connectivity index (χ1n) is 6.38. The Hall–Kier alpha value is -0.480. The summed E-state index contributed by atoms with van der Waals surface area (Å²) in [5, 5.41) is 16.4. The highest BCUT2D eigenvalue weighted by atomic mass is 127. The SMILES string of the molecule is C#CCNC(=NCC1(O)CCCCC1)NCC.I. The molecule has 0 bridgehead atoms. The number of guanidine groups is 1. The molecule has 3 N–H and O–H groups in total. The molecule has 0 aromatic carbocycles. The van der Waals surface area contributed by atoms with E-state index in [-0.39, 0.29) is 24.0 Å². The van der Waals surface area contributed by atoms with Gasteiger partial charge in [-0.05, 0) is 19.8 Å². The van der Waals surface area contributed by atoms with Crippen molar-refractivity contribution in [3.63, 3.8) is 0 Å². The van der Waals surface area contributed by atoms with Gasteiger partial charge in [-0.3, -0.25) is 4.99 Å². The lowest BCUT2D eigenvalue weighted by Crippen LogP contribution is -2.40. The van der Waals surface area contributed by atoms with Crippen LogP contribution in [0.15, 0.2) is 4.99 Å². The Morgan fingerprint density at radius 1 is 1.33 bits per heavy atom. The first-order valence-corrected chi connectivity index (χ1v) is 6.38. The van der Waals surface area contributed by atoms with Crippen molar-refractivity contribution in [1.82, 2.24) is 10.6 Å². The average Bonchev–Trinajstić information content (AvgIpc) is 2.34. The van der Waals surface area contributed by atoms with E-state index in [1.807, 2.05) is 6.92 Å². The van der Waals surface area contributed by atoms with Gasteiger partial charge in [0.2, 0.25) is 0 Å². The van der Waals surface area contributed by atoms with E-state index >= 15 is 0 Å². The number of halogens is 1. The third-order valence-electron chi connectivity index (χ3n) is 3.02. The summed E-state index contributed by atoms with van der Waals surface area (Å²) < 4.78 is 0. The molecule has 0 atom stereocenters. The van der Waals surface area contributed by atoms with E-state index in [9.17, 15) is 5.11 Å². The number of aliphatic hydroxyl groups is 1. The Morgan fingerprint density at radius 3 is 2.56 bits per heavy atom. The van der Waals surface area contributed by atoms with Crippen LogP contribution in [0, 0.1) is 12.3 Å². The van der Waals surface area contributed by atoms with Crippen LogP contribution in [0.3, 0.4) is 0 Å². The summed E-state index contributed by atoms with van der Waals surface area (Å²) in [6.07, 6.45) is 10.3. The van der Waals surface area contributed by atoms with Crippen molar-refractivity contribution in [3.8, 4) is 12.3 Å². The van der Waals surface area contributed by atoms with E-state index < -0.39 is 5.60 Å². The molecule has 0 aromatic rings. The lowest BCUT2D eigenvalue weighted by atomic mass is 9.85. The fourth-order valence-electron chi connectivity index (χ4n) is 2.07. The number of hydrogen-bond acceptors (Lipinski definition) is 2. The largest absolute Gasteiger partial charge is 0.388 e. The van der Waals surface area contributed by atoms with Crippen LogP contribution in [0.2, 0.25) is 0 Å². The molecular weight excluding hydrogens is 341 g/mol. The number of nitrogens with zero attached hydrogens (tertiary/aromatic N) is 1. The van der Waals surface area contributed by atoms with Crippen molar-refractivity contribution in [2.24, 2.45) is 4.99 Å². The molecule has 1 fully saturated rings. The van der Waals surface area contributed by atoms with Crippen molar-refractivity contribution in [2.75, 3.05) is 19.6 Å². The van der Waals surface area contributed by atoms with Crippen LogP contribution in [0.1, 0.15) is 39.0 Å². The van der Waals surface area contributed by atoms with Crippen molar-refractivity contribution in [2.45, 2.75) is 44.6 Å². The fourth-order valence-corrected chi connectivity index (χ4v) is 2.07.